The average molecular weight is 355 g/mol. The second-order valence-corrected chi connectivity index (χ2v) is 6.15. The van der Waals surface area contributed by atoms with Gasteiger partial charge in [0.25, 0.3) is 0 Å². The molecular formula is C20H25N3O3. The van der Waals surface area contributed by atoms with E-state index in [0.29, 0.717) is 24.3 Å². The van der Waals surface area contributed by atoms with E-state index in [0.717, 1.165) is 11.4 Å². The van der Waals surface area contributed by atoms with Crippen molar-refractivity contribution >= 4 is 28.9 Å². The molecule has 0 heterocycles. The van der Waals surface area contributed by atoms with E-state index in [-0.39, 0.29) is 17.9 Å². The molecule has 3 N–H and O–H groups in total. The van der Waals surface area contributed by atoms with E-state index < -0.39 is 0 Å². The molecule has 0 aliphatic carbocycles. The molecule has 2 rings (SSSR count). The number of rotatable bonds is 8. The summed E-state index contributed by atoms with van der Waals surface area (Å²) in [5.41, 5.74) is 2.15. The molecule has 2 aromatic carbocycles. The van der Waals surface area contributed by atoms with E-state index >= 15 is 0 Å². The Kier molecular flexibility index (Phi) is 7.02. The van der Waals surface area contributed by atoms with Gasteiger partial charge in [-0.25, -0.2) is 0 Å². The molecule has 0 saturated heterocycles. The van der Waals surface area contributed by atoms with Gasteiger partial charge < -0.3 is 20.7 Å². The summed E-state index contributed by atoms with van der Waals surface area (Å²) in [5, 5.41) is 8.75. The molecule has 2 amide bonds. The van der Waals surface area contributed by atoms with Crippen LogP contribution in [-0.2, 0) is 9.59 Å². The third-order valence-corrected chi connectivity index (χ3v) is 3.38. The fourth-order valence-electron chi connectivity index (χ4n) is 2.38. The number of nitrogens with one attached hydrogen (secondary N) is 3. The summed E-state index contributed by atoms with van der Waals surface area (Å²) < 4.78 is 5.75. The highest BCUT2D eigenvalue weighted by atomic mass is 16.5. The lowest BCUT2D eigenvalue weighted by molar-refractivity contribution is -0.116. The maximum Gasteiger partial charge on any atom is 0.226 e. The molecule has 0 unspecified atom stereocenters. The molecule has 0 bridgehead atoms. The first-order valence-corrected chi connectivity index (χ1v) is 8.61. The van der Waals surface area contributed by atoms with Crippen LogP contribution in [0.3, 0.4) is 0 Å². The van der Waals surface area contributed by atoms with Crippen molar-refractivity contribution in [3.63, 3.8) is 0 Å². The van der Waals surface area contributed by atoms with Crippen LogP contribution in [0.5, 0.6) is 5.75 Å². The fraction of sp³-hybridized carbons (Fsp3) is 0.300. The van der Waals surface area contributed by atoms with Crippen LogP contribution in [0.1, 0.15) is 27.2 Å². The Balaban J connectivity index is 1.85. The van der Waals surface area contributed by atoms with Gasteiger partial charge in [-0.2, -0.15) is 0 Å². The van der Waals surface area contributed by atoms with Crippen LogP contribution >= 0.6 is 0 Å². The number of anilines is 3. The summed E-state index contributed by atoms with van der Waals surface area (Å²) in [4.78, 5) is 23.2. The Bertz CT molecular complexity index is 759. The number of carbonyl (C=O) groups is 2. The number of para-hydroxylation sites is 2. The quantitative estimate of drug-likeness (QED) is 0.671. The molecule has 6 heteroatoms. The van der Waals surface area contributed by atoms with Gasteiger partial charge in [-0.15, -0.1) is 0 Å². The first kappa shape index (κ1) is 19.3. The lowest BCUT2D eigenvalue weighted by Crippen LogP contribution is -2.17. The molecule has 6 nitrogen and oxygen atoms in total. The minimum atomic E-state index is -0.153. The minimum Gasteiger partial charge on any atom is -0.489 e. The van der Waals surface area contributed by atoms with E-state index in [1.807, 2.05) is 38.1 Å². The monoisotopic (exact) mass is 355 g/mol. The zero-order chi connectivity index (χ0) is 18.9. The molecule has 2 aromatic rings. The molecular weight excluding hydrogens is 330 g/mol. The van der Waals surface area contributed by atoms with Gasteiger partial charge in [0.1, 0.15) is 5.75 Å². The molecule has 138 valence electrons. The van der Waals surface area contributed by atoms with Crippen LogP contribution in [0.25, 0.3) is 0 Å². The van der Waals surface area contributed by atoms with Gasteiger partial charge in [-0.1, -0.05) is 18.2 Å². The lowest BCUT2D eigenvalue weighted by Gasteiger charge is -2.15. The number of ether oxygens (including phenoxy) is 1. The second-order valence-electron chi connectivity index (χ2n) is 6.15. The highest BCUT2D eigenvalue weighted by molar-refractivity contribution is 5.93. The van der Waals surface area contributed by atoms with Crippen molar-refractivity contribution in [3.8, 4) is 5.75 Å². The minimum absolute atomic E-state index is 0.0807. The summed E-state index contributed by atoms with van der Waals surface area (Å²) in [5.74, 6) is 0.505. The highest BCUT2D eigenvalue weighted by Crippen LogP contribution is 2.24. The van der Waals surface area contributed by atoms with Crippen molar-refractivity contribution in [3.05, 3.63) is 48.5 Å². The molecule has 0 spiro atoms. The van der Waals surface area contributed by atoms with Crippen LogP contribution in [0.15, 0.2) is 48.5 Å². The van der Waals surface area contributed by atoms with Crippen molar-refractivity contribution in [1.29, 1.82) is 0 Å². The fourth-order valence-corrected chi connectivity index (χ4v) is 2.38. The Labute approximate surface area is 153 Å². The van der Waals surface area contributed by atoms with Gasteiger partial charge in [0.15, 0.2) is 0 Å². The normalized spacial score (nSPS) is 10.3. The number of hydrogen-bond donors (Lipinski definition) is 3. The predicted molar refractivity (Wildman–Crippen MR) is 105 cm³/mol. The van der Waals surface area contributed by atoms with Crippen molar-refractivity contribution in [2.45, 2.75) is 33.3 Å². The molecule has 0 radical (unpaired) electrons. The lowest BCUT2D eigenvalue weighted by atomic mass is 10.2. The third-order valence-electron chi connectivity index (χ3n) is 3.38. The zero-order valence-corrected chi connectivity index (χ0v) is 15.3. The molecule has 0 aliphatic rings. The topological polar surface area (TPSA) is 79.5 Å². The molecule has 0 aromatic heterocycles. The summed E-state index contributed by atoms with van der Waals surface area (Å²) >= 11 is 0. The first-order chi connectivity index (χ1) is 12.4. The Morgan fingerprint density at radius 3 is 2.38 bits per heavy atom. The van der Waals surface area contributed by atoms with Crippen molar-refractivity contribution in [2.24, 2.45) is 0 Å². The molecule has 26 heavy (non-hydrogen) atoms. The van der Waals surface area contributed by atoms with E-state index in [9.17, 15) is 9.59 Å². The van der Waals surface area contributed by atoms with Gasteiger partial charge in [0.05, 0.1) is 11.8 Å². The van der Waals surface area contributed by atoms with Gasteiger partial charge in [-0.05, 0) is 44.2 Å². The van der Waals surface area contributed by atoms with E-state index in [1.54, 1.807) is 24.3 Å². The van der Waals surface area contributed by atoms with Crippen LogP contribution in [0.2, 0.25) is 0 Å². The largest absolute Gasteiger partial charge is 0.489 e. The molecule has 0 fully saturated rings. The van der Waals surface area contributed by atoms with Crippen molar-refractivity contribution < 1.29 is 14.3 Å². The third kappa shape index (κ3) is 6.47. The maximum atomic E-state index is 12.1. The summed E-state index contributed by atoms with van der Waals surface area (Å²) in [6, 6.07) is 14.7. The summed E-state index contributed by atoms with van der Waals surface area (Å²) in [6.45, 7) is 5.87. The molecule has 0 saturated carbocycles. The van der Waals surface area contributed by atoms with Crippen LogP contribution in [0.4, 0.5) is 17.1 Å². The smallest absolute Gasteiger partial charge is 0.226 e. The zero-order valence-electron chi connectivity index (χ0n) is 15.3. The Hall–Kier alpha value is -3.02. The van der Waals surface area contributed by atoms with Crippen LogP contribution in [-0.4, -0.2) is 24.5 Å². The SMILES string of the molecule is CC(=O)Nc1cccc(NC(=O)CCNc2ccccc2OC(C)C)c1. The van der Waals surface area contributed by atoms with Crippen LogP contribution < -0.4 is 20.7 Å². The number of benzene rings is 2. The van der Waals surface area contributed by atoms with E-state index in [4.69, 9.17) is 4.74 Å². The maximum absolute atomic E-state index is 12.1. The Morgan fingerprint density at radius 1 is 1.00 bits per heavy atom. The van der Waals surface area contributed by atoms with Gasteiger partial charge in [0, 0.05) is 31.3 Å². The van der Waals surface area contributed by atoms with Gasteiger partial charge in [0.2, 0.25) is 11.8 Å². The number of carbonyl (C=O) groups excluding carboxylic acids is 2. The summed E-state index contributed by atoms with van der Waals surface area (Å²) in [6.07, 6.45) is 0.387. The van der Waals surface area contributed by atoms with Gasteiger partial charge >= 0.3 is 0 Å². The summed E-state index contributed by atoms with van der Waals surface area (Å²) in [7, 11) is 0. The standard InChI is InChI=1S/C20H25N3O3/c1-14(2)26-19-10-5-4-9-18(19)21-12-11-20(25)23-17-8-6-7-16(13-17)22-15(3)24/h4-10,13-14,21H,11-12H2,1-3H3,(H,22,24)(H,23,25). The average Bonchev–Trinajstić information content (AvgIpc) is 2.55. The van der Waals surface area contributed by atoms with Crippen LogP contribution in [0, 0.1) is 0 Å². The van der Waals surface area contributed by atoms with Crippen molar-refractivity contribution in [2.75, 3.05) is 22.5 Å². The number of amides is 2. The van der Waals surface area contributed by atoms with E-state index in [1.165, 1.54) is 6.92 Å². The first-order valence-electron chi connectivity index (χ1n) is 8.61. The Morgan fingerprint density at radius 2 is 1.69 bits per heavy atom. The predicted octanol–water partition coefficient (Wildman–Crippen LogP) is 3.87. The molecule has 0 aliphatic heterocycles. The highest BCUT2D eigenvalue weighted by Gasteiger charge is 2.07. The second kappa shape index (κ2) is 9.46. The van der Waals surface area contributed by atoms with E-state index in [2.05, 4.69) is 16.0 Å². The van der Waals surface area contributed by atoms with Gasteiger partial charge in [-0.3, -0.25) is 9.59 Å². The van der Waals surface area contributed by atoms with Crippen molar-refractivity contribution in [1.82, 2.24) is 0 Å². The number of hydrogen-bond acceptors (Lipinski definition) is 4. The molecule has 0 atom stereocenters.